The summed E-state index contributed by atoms with van der Waals surface area (Å²) in [6.45, 7) is 17.6. The molecule has 0 atom stereocenters. The van der Waals surface area contributed by atoms with Crippen LogP contribution < -0.4 is 0 Å². The van der Waals surface area contributed by atoms with Crippen molar-refractivity contribution in [3.05, 3.63) is 249 Å². The third-order valence-corrected chi connectivity index (χ3v) is 15.8. The quantitative estimate of drug-likeness (QED) is 0.156. The van der Waals surface area contributed by atoms with Gasteiger partial charge in [-0.3, -0.25) is 9.97 Å². The highest BCUT2D eigenvalue weighted by molar-refractivity contribution is 6.11. The molecule has 8 aromatic carbocycles. The molecule has 73 heavy (non-hydrogen) atoms. The molecule has 13 rings (SSSR count). The first kappa shape index (κ1) is 44.3. The van der Waals surface area contributed by atoms with Crippen molar-refractivity contribution < 1.29 is 0 Å². The minimum absolute atomic E-state index is 0.629. The fourth-order valence-corrected chi connectivity index (χ4v) is 12.6. The maximum Gasteiger partial charge on any atom is 0.0978 e. The molecule has 0 saturated carbocycles. The minimum atomic E-state index is -0.629. The van der Waals surface area contributed by atoms with Crippen LogP contribution in [0.1, 0.15) is 67.0 Å². The lowest BCUT2D eigenvalue weighted by Crippen LogP contribution is -2.31. The molecule has 0 radical (unpaired) electrons. The molecule has 1 aliphatic rings. The molecule has 0 amide bonds. The van der Waals surface area contributed by atoms with Crippen molar-refractivity contribution in [2.24, 2.45) is 0 Å². The Morgan fingerprint density at radius 1 is 0.260 bits per heavy atom. The Kier molecular flexibility index (Phi) is 10.2. The lowest BCUT2D eigenvalue weighted by Gasteiger charge is -2.37. The SMILES string of the molecule is Cc1cc(C)c2ccc3c(-c4ccccc4)cc(-c4cc(C)c(C5(c6cc(C)c(-c7cc(-c8ccccc8)c8ccc9c(C)cc(C)nc9c8n7)cc6C)c6ccccc6-c6ccccc65)cc4C)nc3c2n1. The highest BCUT2D eigenvalue weighted by Crippen LogP contribution is 2.58. The van der Waals surface area contributed by atoms with E-state index in [-0.39, 0.29) is 0 Å². The molecule has 4 nitrogen and oxygen atoms in total. The first-order chi connectivity index (χ1) is 35.5. The summed E-state index contributed by atoms with van der Waals surface area (Å²) in [5.41, 5.74) is 28.6. The van der Waals surface area contributed by atoms with Gasteiger partial charge in [-0.05, 0) is 181 Å². The molecule has 4 heterocycles. The molecule has 0 saturated heterocycles. The monoisotopic (exact) mass is 938 g/mol. The summed E-state index contributed by atoms with van der Waals surface area (Å²) >= 11 is 0. The zero-order valence-electron chi connectivity index (χ0n) is 42.6. The van der Waals surface area contributed by atoms with E-state index in [9.17, 15) is 0 Å². The molecule has 0 fully saturated rings. The van der Waals surface area contributed by atoms with Gasteiger partial charge in [-0.2, -0.15) is 0 Å². The van der Waals surface area contributed by atoms with Crippen LogP contribution >= 0.6 is 0 Å². The van der Waals surface area contributed by atoms with Crippen molar-refractivity contribution in [1.82, 2.24) is 19.9 Å². The van der Waals surface area contributed by atoms with Crippen LogP contribution in [0.15, 0.2) is 182 Å². The summed E-state index contributed by atoms with van der Waals surface area (Å²) in [5.74, 6) is 0. The van der Waals surface area contributed by atoms with Crippen LogP contribution in [0.2, 0.25) is 0 Å². The van der Waals surface area contributed by atoms with Crippen molar-refractivity contribution in [3.63, 3.8) is 0 Å². The van der Waals surface area contributed by atoms with Crippen molar-refractivity contribution in [2.75, 3.05) is 0 Å². The molecule has 0 bridgehead atoms. The Labute approximate surface area is 427 Å². The Balaban J connectivity index is 1.05. The number of aryl methyl sites for hydroxylation is 8. The normalized spacial score (nSPS) is 12.8. The summed E-state index contributed by atoms with van der Waals surface area (Å²) in [6, 6.07) is 67.1. The van der Waals surface area contributed by atoms with Gasteiger partial charge in [-0.1, -0.05) is 146 Å². The lowest BCUT2D eigenvalue weighted by molar-refractivity contribution is 0.752. The molecule has 350 valence electrons. The maximum absolute atomic E-state index is 5.58. The van der Waals surface area contributed by atoms with E-state index in [4.69, 9.17) is 19.9 Å². The maximum atomic E-state index is 5.58. The number of fused-ring (bicyclic) bond motifs is 9. The van der Waals surface area contributed by atoms with Crippen molar-refractivity contribution in [1.29, 1.82) is 0 Å². The van der Waals surface area contributed by atoms with Gasteiger partial charge < -0.3 is 0 Å². The van der Waals surface area contributed by atoms with Crippen LogP contribution in [0.25, 0.3) is 99.5 Å². The van der Waals surface area contributed by atoms with E-state index in [1.54, 1.807) is 0 Å². The van der Waals surface area contributed by atoms with E-state index in [0.717, 1.165) is 99.8 Å². The van der Waals surface area contributed by atoms with Crippen LogP contribution in [-0.2, 0) is 5.41 Å². The second-order valence-electron chi connectivity index (χ2n) is 20.5. The van der Waals surface area contributed by atoms with Crippen molar-refractivity contribution in [3.8, 4) is 55.9 Å². The summed E-state index contributed by atoms with van der Waals surface area (Å²) < 4.78 is 0. The summed E-state index contributed by atoms with van der Waals surface area (Å²) in [7, 11) is 0. The van der Waals surface area contributed by atoms with Gasteiger partial charge in [0.15, 0.2) is 0 Å². The van der Waals surface area contributed by atoms with Gasteiger partial charge in [0.05, 0.1) is 38.9 Å². The van der Waals surface area contributed by atoms with Gasteiger partial charge in [0.25, 0.3) is 0 Å². The third kappa shape index (κ3) is 6.81. The smallest absolute Gasteiger partial charge is 0.0978 e. The number of nitrogens with zero attached hydrogens (tertiary/aromatic N) is 4. The highest BCUT2D eigenvalue weighted by Gasteiger charge is 2.48. The van der Waals surface area contributed by atoms with Crippen LogP contribution in [0.5, 0.6) is 0 Å². The fraction of sp³-hybridized carbons (Fsp3) is 0.130. The van der Waals surface area contributed by atoms with Gasteiger partial charge in [0.2, 0.25) is 0 Å². The van der Waals surface area contributed by atoms with Crippen LogP contribution in [0.3, 0.4) is 0 Å². The molecule has 0 unspecified atom stereocenters. The van der Waals surface area contributed by atoms with E-state index in [1.807, 2.05) is 0 Å². The van der Waals surface area contributed by atoms with Gasteiger partial charge in [0, 0.05) is 44.1 Å². The first-order valence-corrected chi connectivity index (χ1v) is 25.5. The Morgan fingerprint density at radius 2 is 0.630 bits per heavy atom. The number of hydrogen-bond acceptors (Lipinski definition) is 4. The Bertz CT molecular complexity index is 4010. The molecule has 4 aromatic heterocycles. The van der Waals surface area contributed by atoms with Crippen LogP contribution in [0, 0.1) is 55.4 Å². The number of benzene rings is 8. The van der Waals surface area contributed by atoms with E-state index in [0.29, 0.717) is 0 Å². The fourth-order valence-electron chi connectivity index (χ4n) is 12.6. The summed E-state index contributed by atoms with van der Waals surface area (Å²) in [5, 5.41) is 4.46. The number of hydrogen-bond donors (Lipinski definition) is 0. The standard InChI is InChI=1S/C69H54N4/c1-39-31-45(7)70-65-49(39)27-29-53-57(47-19-11-9-12-20-47)37-63(72-67(53)65)55-33-43(5)61(35-41(55)3)69(59-25-17-15-23-51(59)52-24-16-18-26-60(52)69)62-36-42(4)56(34-44(62)6)64-38-58(48-21-13-10-14-22-48)54-30-28-50-40(2)32-46(8)71-66(50)68(54)73-64/h9-38H,1-8H3. The number of rotatable bonds is 6. The zero-order valence-corrected chi connectivity index (χ0v) is 42.6. The van der Waals surface area contributed by atoms with Gasteiger partial charge in [-0.25, -0.2) is 9.97 Å². The van der Waals surface area contributed by atoms with Gasteiger partial charge in [-0.15, -0.1) is 0 Å². The number of pyridine rings is 4. The predicted octanol–water partition coefficient (Wildman–Crippen LogP) is 17.4. The Hall–Kier alpha value is -8.60. The number of aromatic nitrogens is 4. The average Bonchev–Trinajstić information content (AvgIpc) is 3.71. The second kappa shape index (κ2) is 16.8. The van der Waals surface area contributed by atoms with Crippen LogP contribution in [-0.4, -0.2) is 19.9 Å². The molecule has 0 spiro atoms. The zero-order chi connectivity index (χ0) is 49.9. The molecular weight excluding hydrogens is 885 g/mol. The predicted molar refractivity (Wildman–Crippen MR) is 305 cm³/mol. The summed E-state index contributed by atoms with van der Waals surface area (Å²) in [4.78, 5) is 21.5. The van der Waals surface area contributed by atoms with E-state index < -0.39 is 5.41 Å². The summed E-state index contributed by atoms with van der Waals surface area (Å²) in [6.07, 6.45) is 0. The Morgan fingerprint density at radius 3 is 1.05 bits per heavy atom. The van der Waals surface area contributed by atoms with E-state index in [1.165, 1.54) is 66.8 Å². The van der Waals surface area contributed by atoms with E-state index >= 15 is 0 Å². The van der Waals surface area contributed by atoms with Crippen LogP contribution in [0.4, 0.5) is 0 Å². The molecular formula is C69H54N4. The van der Waals surface area contributed by atoms with Crippen molar-refractivity contribution >= 4 is 43.6 Å². The van der Waals surface area contributed by atoms with Gasteiger partial charge >= 0.3 is 0 Å². The topological polar surface area (TPSA) is 51.6 Å². The van der Waals surface area contributed by atoms with E-state index in [2.05, 4.69) is 237 Å². The largest absolute Gasteiger partial charge is 0.251 e. The molecule has 0 aliphatic heterocycles. The third-order valence-electron chi connectivity index (χ3n) is 15.8. The molecule has 12 aromatic rings. The molecule has 0 N–H and O–H groups in total. The van der Waals surface area contributed by atoms with Crippen molar-refractivity contribution in [2.45, 2.75) is 60.8 Å². The second-order valence-corrected chi connectivity index (χ2v) is 20.5. The lowest BCUT2D eigenvalue weighted by atomic mass is 9.64. The van der Waals surface area contributed by atoms with Gasteiger partial charge in [0.1, 0.15) is 0 Å². The highest BCUT2D eigenvalue weighted by atomic mass is 14.8. The molecule has 4 heteroatoms. The first-order valence-electron chi connectivity index (χ1n) is 25.5. The molecule has 1 aliphatic carbocycles. The minimum Gasteiger partial charge on any atom is -0.251 e. The average molecular weight is 939 g/mol.